The highest BCUT2D eigenvalue weighted by Crippen LogP contribution is 2.29. The van der Waals surface area contributed by atoms with Gasteiger partial charge in [-0.3, -0.25) is 20.2 Å². The number of aromatic nitrogens is 2. The van der Waals surface area contributed by atoms with Crippen LogP contribution in [-0.4, -0.2) is 32.4 Å². The van der Waals surface area contributed by atoms with Gasteiger partial charge in [0.2, 0.25) is 0 Å². The second kappa shape index (κ2) is 8.43. The van der Waals surface area contributed by atoms with Gasteiger partial charge in [-0.15, -0.1) is 0 Å². The number of carbonyl (C=O) groups is 1. The molecule has 0 spiro atoms. The van der Waals surface area contributed by atoms with E-state index in [1.165, 1.54) is 48.5 Å². The molecule has 0 saturated carbocycles. The van der Waals surface area contributed by atoms with Crippen LogP contribution in [0.1, 0.15) is 23.0 Å². The van der Waals surface area contributed by atoms with Crippen LogP contribution in [0.2, 0.25) is 0 Å². The molecule has 0 atom stereocenters. The van der Waals surface area contributed by atoms with Crippen LogP contribution in [0.15, 0.2) is 48.5 Å². The lowest BCUT2D eigenvalue weighted by Gasteiger charge is -2.13. The molecule has 0 aliphatic heterocycles. The molecule has 0 fully saturated rings. The van der Waals surface area contributed by atoms with Crippen molar-refractivity contribution >= 4 is 17.3 Å². The summed E-state index contributed by atoms with van der Waals surface area (Å²) in [5.74, 6) is -0.359. The summed E-state index contributed by atoms with van der Waals surface area (Å²) in [7, 11) is 0. The van der Waals surface area contributed by atoms with Crippen molar-refractivity contribution in [3.05, 3.63) is 80.0 Å². The molecule has 0 aliphatic rings. The third-order valence-electron chi connectivity index (χ3n) is 4.26. The maximum atomic E-state index is 12.5. The molecule has 30 heavy (non-hydrogen) atoms. The topological polar surface area (TPSA) is 138 Å². The minimum atomic E-state index is -0.612. The molecule has 152 valence electrons. The van der Waals surface area contributed by atoms with Gasteiger partial charge in [-0.1, -0.05) is 0 Å². The Labute approximate surface area is 170 Å². The van der Waals surface area contributed by atoms with Crippen LogP contribution in [0.25, 0.3) is 22.6 Å². The molecule has 0 unspecified atom stereocenters. The number of esters is 1. The first kappa shape index (κ1) is 20.5. The first-order valence-corrected chi connectivity index (χ1v) is 8.87. The molecular formula is C20H16N4O6. The summed E-state index contributed by atoms with van der Waals surface area (Å²) in [6, 6.07) is 11.3. The predicted molar refractivity (Wildman–Crippen MR) is 107 cm³/mol. The quantitative estimate of drug-likeness (QED) is 0.337. The molecule has 0 saturated heterocycles. The third-order valence-corrected chi connectivity index (χ3v) is 4.26. The lowest BCUT2D eigenvalue weighted by atomic mass is 10.0. The number of nitro groups is 2. The van der Waals surface area contributed by atoms with Gasteiger partial charge >= 0.3 is 5.97 Å². The molecule has 3 aromatic rings. The fraction of sp³-hybridized carbons (Fsp3) is 0.150. The van der Waals surface area contributed by atoms with Gasteiger partial charge in [-0.2, -0.15) is 0 Å². The van der Waals surface area contributed by atoms with Gasteiger partial charge in [0.25, 0.3) is 11.4 Å². The Morgan fingerprint density at radius 1 is 0.900 bits per heavy atom. The predicted octanol–water partition coefficient (Wildman–Crippen LogP) is 4.11. The van der Waals surface area contributed by atoms with E-state index in [9.17, 15) is 25.0 Å². The summed E-state index contributed by atoms with van der Waals surface area (Å²) in [6.07, 6.45) is 0. The number of nitrogens with zero attached hydrogens (tertiary/aromatic N) is 4. The van der Waals surface area contributed by atoms with Crippen molar-refractivity contribution < 1.29 is 19.4 Å². The van der Waals surface area contributed by atoms with Crippen molar-refractivity contribution in [3.8, 4) is 22.6 Å². The monoisotopic (exact) mass is 408 g/mol. The van der Waals surface area contributed by atoms with E-state index in [1.54, 1.807) is 13.8 Å². The van der Waals surface area contributed by atoms with Crippen molar-refractivity contribution in [1.82, 2.24) is 9.97 Å². The van der Waals surface area contributed by atoms with Crippen LogP contribution in [0.4, 0.5) is 11.4 Å². The molecule has 0 bridgehead atoms. The van der Waals surface area contributed by atoms with Gasteiger partial charge in [-0.25, -0.2) is 14.8 Å². The summed E-state index contributed by atoms with van der Waals surface area (Å²) in [5, 5.41) is 21.8. The maximum absolute atomic E-state index is 12.5. The zero-order chi connectivity index (χ0) is 21.8. The summed E-state index contributed by atoms with van der Waals surface area (Å²) in [6.45, 7) is 3.45. The molecule has 1 heterocycles. The molecule has 2 aromatic carbocycles. The maximum Gasteiger partial charge on any atom is 0.342 e. The lowest BCUT2D eigenvalue weighted by Crippen LogP contribution is -2.12. The van der Waals surface area contributed by atoms with Crippen LogP contribution in [-0.2, 0) is 4.74 Å². The van der Waals surface area contributed by atoms with E-state index in [1.807, 2.05) is 0 Å². The van der Waals surface area contributed by atoms with Gasteiger partial charge in [-0.05, 0) is 38.1 Å². The molecule has 10 heteroatoms. The highest BCUT2D eigenvalue weighted by molar-refractivity contribution is 5.97. The normalized spacial score (nSPS) is 10.5. The zero-order valence-corrected chi connectivity index (χ0v) is 16.1. The molecule has 3 rings (SSSR count). The zero-order valence-electron chi connectivity index (χ0n) is 16.1. The molecule has 0 amide bonds. The fourth-order valence-corrected chi connectivity index (χ4v) is 2.83. The van der Waals surface area contributed by atoms with E-state index in [2.05, 4.69) is 9.97 Å². The van der Waals surface area contributed by atoms with E-state index in [0.717, 1.165) is 0 Å². The summed E-state index contributed by atoms with van der Waals surface area (Å²) < 4.78 is 5.12. The number of non-ortho nitro benzene ring substituents is 2. The first-order valence-electron chi connectivity index (χ1n) is 8.87. The van der Waals surface area contributed by atoms with E-state index >= 15 is 0 Å². The summed E-state index contributed by atoms with van der Waals surface area (Å²) in [4.78, 5) is 42.1. The van der Waals surface area contributed by atoms with Crippen LogP contribution < -0.4 is 0 Å². The van der Waals surface area contributed by atoms with Crippen molar-refractivity contribution in [1.29, 1.82) is 0 Å². The average molecular weight is 408 g/mol. The Morgan fingerprint density at radius 3 is 1.87 bits per heavy atom. The van der Waals surface area contributed by atoms with E-state index < -0.39 is 15.8 Å². The Kier molecular flexibility index (Phi) is 5.77. The number of hydrogen-bond acceptors (Lipinski definition) is 8. The molecule has 1 aromatic heterocycles. The Balaban J connectivity index is 2.16. The highest BCUT2D eigenvalue weighted by atomic mass is 16.6. The largest absolute Gasteiger partial charge is 0.462 e. The van der Waals surface area contributed by atoms with E-state index in [-0.39, 0.29) is 35.1 Å². The molecule has 0 N–H and O–H groups in total. The fourth-order valence-electron chi connectivity index (χ4n) is 2.83. The van der Waals surface area contributed by atoms with Crippen molar-refractivity contribution in [2.75, 3.05) is 6.61 Å². The van der Waals surface area contributed by atoms with E-state index in [4.69, 9.17) is 4.74 Å². The smallest absolute Gasteiger partial charge is 0.342 e. The van der Waals surface area contributed by atoms with Crippen molar-refractivity contribution in [2.45, 2.75) is 13.8 Å². The minimum Gasteiger partial charge on any atom is -0.462 e. The summed E-state index contributed by atoms with van der Waals surface area (Å²) in [5.41, 5.74) is 1.57. The SMILES string of the molecule is CCOC(=O)c1c(C)nc(-c2ccc([N+](=O)[O-])cc2)nc1-c1ccc([N+](=O)[O-])cc1. The molecular weight excluding hydrogens is 392 g/mol. The van der Waals surface area contributed by atoms with Gasteiger partial charge < -0.3 is 4.74 Å². The highest BCUT2D eigenvalue weighted by Gasteiger charge is 2.22. The number of aryl methyl sites for hydroxylation is 1. The second-order valence-corrected chi connectivity index (χ2v) is 6.18. The minimum absolute atomic E-state index is 0.0748. The Hall–Kier alpha value is -4.21. The van der Waals surface area contributed by atoms with Crippen LogP contribution in [0, 0.1) is 27.2 Å². The van der Waals surface area contributed by atoms with Crippen LogP contribution in [0.5, 0.6) is 0 Å². The number of nitro benzene ring substituents is 2. The van der Waals surface area contributed by atoms with Gasteiger partial charge in [0.15, 0.2) is 5.82 Å². The number of benzene rings is 2. The average Bonchev–Trinajstić information content (AvgIpc) is 2.73. The van der Waals surface area contributed by atoms with Crippen molar-refractivity contribution in [3.63, 3.8) is 0 Å². The second-order valence-electron chi connectivity index (χ2n) is 6.18. The van der Waals surface area contributed by atoms with Gasteiger partial charge in [0, 0.05) is 35.4 Å². The Morgan fingerprint density at radius 2 is 1.40 bits per heavy atom. The first-order chi connectivity index (χ1) is 14.3. The molecule has 0 radical (unpaired) electrons. The Bertz CT molecular complexity index is 1130. The summed E-state index contributed by atoms with van der Waals surface area (Å²) >= 11 is 0. The van der Waals surface area contributed by atoms with Gasteiger partial charge in [0.1, 0.15) is 5.56 Å². The number of rotatable bonds is 6. The van der Waals surface area contributed by atoms with Crippen LogP contribution in [0.3, 0.4) is 0 Å². The lowest BCUT2D eigenvalue weighted by molar-refractivity contribution is -0.385. The number of hydrogen-bond donors (Lipinski definition) is 0. The number of ether oxygens (including phenoxy) is 1. The van der Waals surface area contributed by atoms with Crippen LogP contribution >= 0.6 is 0 Å². The van der Waals surface area contributed by atoms with Crippen molar-refractivity contribution in [2.24, 2.45) is 0 Å². The van der Waals surface area contributed by atoms with Gasteiger partial charge in [0.05, 0.1) is 27.8 Å². The third kappa shape index (κ3) is 4.12. The van der Waals surface area contributed by atoms with E-state index in [0.29, 0.717) is 16.8 Å². The number of carbonyl (C=O) groups excluding carboxylic acids is 1. The molecule has 0 aliphatic carbocycles. The standard InChI is InChI=1S/C20H16N4O6/c1-3-30-20(25)17-12(2)21-19(14-6-10-16(11-7-14)24(28)29)22-18(17)13-4-8-15(9-5-13)23(26)27/h4-11H,3H2,1-2H3. The molecule has 10 nitrogen and oxygen atoms in total.